The minimum atomic E-state index is -0.648. The van der Waals surface area contributed by atoms with Crippen molar-refractivity contribution in [2.75, 3.05) is 0 Å². The third kappa shape index (κ3) is 4.35. The zero-order valence-electron chi connectivity index (χ0n) is 18.1. The van der Waals surface area contributed by atoms with Gasteiger partial charge in [-0.2, -0.15) is 0 Å². The zero-order valence-corrected chi connectivity index (χ0v) is 18.1. The van der Waals surface area contributed by atoms with Crippen LogP contribution in [0.1, 0.15) is 80.1 Å². The molecule has 4 nitrogen and oxygen atoms in total. The Hall–Kier alpha value is -1.06. The van der Waals surface area contributed by atoms with E-state index in [2.05, 4.69) is 41.5 Å². The summed E-state index contributed by atoms with van der Waals surface area (Å²) in [6.45, 7) is 13.2. The minimum absolute atomic E-state index is 0.121. The number of carboxylic acid groups (broad SMARTS) is 2. The largest absolute Gasteiger partial charge is 0.481 e. The number of hydrogen-bond donors (Lipinski definition) is 2. The smallest absolute Gasteiger partial charge is 0.307 e. The van der Waals surface area contributed by atoms with Gasteiger partial charge in [0, 0.05) is 0 Å². The lowest BCUT2D eigenvalue weighted by molar-refractivity contribution is -0.151. The van der Waals surface area contributed by atoms with Gasteiger partial charge in [-0.15, -0.1) is 0 Å². The van der Waals surface area contributed by atoms with Gasteiger partial charge < -0.3 is 10.2 Å². The molecule has 2 N–H and O–H groups in total. The summed E-state index contributed by atoms with van der Waals surface area (Å²) in [5.74, 6) is 0.267. The molecule has 2 fully saturated rings. The van der Waals surface area contributed by atoms with Crippen LogP contribution in [0.2, 0.25) is 0 Å². The molecule has 0 heterocycles. The maximum absolute atomic E-state index is 11.9. The second-order valence-electron chi connectivity index (χ2n) is 10.2. The predicted octanol–water partition coefficient (Wildman–Crippen LogP) is 5.56. The Bertz CT molecular complexity index is 514. The second kappa shape index (κ2) is 8.53. The van der Waals surface area contributed by atoms with Gasteiger partial charge in [0.2, 0.25) is 0 Å². The van der Waals surface area contributed by atoms with E-state index < -0.39 is 11.9 Å². The molecule has 27 heavy (non-hydrogen) atoms. The van der Waals surface area contributed by atoms with E-state index in [4.69, 9.17) is 0 Å². The first-order valence-electron chi connectivity index (χ1n) is 11.0. The maximum atomic E-state index is 11.9. The Balaban J connectivity index is 2.21. The number of carbonyl (C=O) groups is 2. The Labute approximate surface area is 165 Å². The van der Waals surface area contributed by atoms with Crippen molar-refractivity contribution in [2.45, 2.75) is 80.1 Å². The van der Waals surface area contributed by atoms with Crippen LogP contribution in [0.3, 0.4) is 0 Å². The van der Waals surface area contributed by atoms with Crippen molar-refractivity contribution in [3.8, 4) is 0 Å². The average Bonchev–Trinajstić information content (AvgIpc) is 2.59. The summed E-state index contributed by atoms with van der Waals surface area (Å²) < 4.78 is 0. The molecule has 2 rings (SSSR count). The molecule has 0 aromatic rings. The summed E-state index contributed by atoms with van der Waals surface area (Å²) in [7, 11) is 0. The van der Waals surface area contributed by atoms with Crippen LogP contribution in [-0.2, 0) is 9.59 Å². The molecule has 0 aromatic carbocycles. The molecular weight excluding hydrogens is 340 g/mol. The summed E-state index contributed by atoms with van der Waals surface area (Å²) in [6.07, 6.45) is 5.80. The van der Waals surface area contributed by atoms with E-state index in [1.807, 2.05) is 0 Å². The van der Waals surface area contributed by atoms with Gasteiger partial charge in [-0.25, -0.2) is 0 Å². The van der Waals surface area contributed by atoms with E-state index >= 15 is 0 Å². The molecular formula is C23H40O4. The van der Waals surface area contributed by atoms with Crippen molar-refractivity contribution in [1.82, 2.24) is 0 Å². The molecule has 4 unspecified atom stereocenters. The van der Waals surface area contributed by atoms with Gasteiger partial charge in [-0.1, -0.05) is 54.4 Å². The molecule has 4 heteroatoms. The van der Waals surface area contributed by atoms with Crippen LogP contribution >= 0.6 is 0 Å². The first kappa shape index (κ1) is 22.2. The van der Waals surface area contributed by atoms with Crippen LogP contribution in [0.5, 0.6) is 0 Å². The van der Waals surface area contributed by atoms with Crippen molar-refractivity contribution in [1.29, 1.82) is 0 Å². The highest BCUT2D eigenvalue weighted by atomic mass is 16.4. The number of rotatable bonds is 6. The van der Waals surface area contributed by atoms with E-state index in [-0.39, 0.29) is 40.9 Å². The second-order valence-corrected chi connectivity index (χ2v) is 10.2. The third-order valence-electron chi connectivity index (χ3n) is 8.45. The summed E-state index contributed by atoms with van der Waals surface area (Å²) >= 11 is 0. The van der Waals surface area contributed by atoms with E-state index in [1.165, 1.54) is 0 Å². The molecule has 0 radical (unpaired) electrons. The molecule has 4 atom stereocenters. The van der Waals surface area contributed by atoms with Crippen LogP contribution in [0.4, 0.5) is 0 Å². The van der Waals surface area contributed by atoms with Crippen molar-refractivity contribution >= 4 is 11.9 Å². The molecule has 2 saturated carbocycles. The minimum Gasteiger partial charge on any atom is -0.481 e. The van der Waals surface area contributed by atoms with Gasteiger partial charge in [-0.05, 0) is 66.6 Å². The Kier molecular flexibility index (Phi) is 7.02. The lowest BCUT2D eigenvalue weighted by atomic mass is 9.53. The standard InChI is InChI=1S/C23H40O4/c1-7-15-11-18(12-16(8-2)20(15)22(26)27)23(5,6)17-9-13(3)19(21(24)25)14(4)10-17/h13-20H,7-12H2,1-6H3,(H,24,25)(H,26,27). The van der Waals surface area contributed by atoms with Gasteiger partial charge in [0.05, 0.1) is 11.8 Å². The molecule has 156 valence electrons. The lowest BCUT2D eigenvalue weighted by Gasteiger charge is -2.52. The summed E-state index contributed by atoms with van der Waals surface area (Å²) in [5, 5.41) is 19.3. The highest BCUT2D eigenvalue weighted by Crippen LogP contribution is 2.55. The Morgan fingerprint density at radius 1 is 0.778 bits per heavy atom. The van der Waals surface area contributed by atoms with Crippen LogP contribution in [0.15, 0.2) is 0 Å². The van der Waals surface area contributed by atoms with Crippen LogP contribution in [0, 0.1) is 52.8 Å². The molecule has 0 spiro atoms. The van der Waals surface area contributed by atoms with E-state index in [0.29, 0.717) is 11.8 Å². The Morgan fingerprint density at radius 3 is 1.48 bits per heavy atom. The fraction of sp³-hybridized carbons (Fsp3) is 0.913. The quantitative estimate of drug-likeness (QED) is 0.632. The number of hydrogen-bond acceptors (Lipinski definition) is 2. The molecule has 0 aliphatic heterocycles. The molecule has 0 saturated heterocycles. The first-order chi connectivity index (χ1) is 12.5. The van der Waals surface area contributed by atoms with Crippen molar-refractivity contribution in [2.24, 2.45) is 52.8 Å². The van der Waals surface area contributed by atoms with Crippen molar-refractivity contribution in [3.63, 3.8) is 0 Å². The van der Waals surface area contributed by atoms with Crippen molar-refractivity contribution in [3.05, 3.63) is 0 Å². The third-order valence-corrected chi connectivity index (χ3v) is 8.45. The molecule has 0 amide bonds. The fourth-order valence-corrected chi connectivity index (χ4v) is 6.63. The molecule has 0 bridgehead atoms. The summed E-state index contributed by atoms with van der Waals surface area (Å²) in [6, 6.07) is 0. The van der Waals surface area contributed by atoms with Crippen LogP contribution in [-0.4, -0.2) is 22.2 Å². The number of aliphatic carboxylic acids is 2. The SMILES string of the molecule is CCC1CC(C(C)(C)C2CC(C)C(C(=O)O)C(C)C2)CC(CC)C1C(=O)O. The Morgan fingerprint density at radius 2 is 1.15 bits per heavy atom. The van der Waals surface area contributed by atoms with Gasteiger partial charge in [0.1, 0.15) is 0 Å². The normalized spacial score (nSPS) is 40.5. The predicted molar refractivity (Wildman–Crippen MR) is 107 cm³/mol. The number of carboxylic acids is 2. The molecule has 2 aliphatic rings. The highest BCUT2D eigenvalue weighted by molar-refractivity contribution is 5.71. The fourth-order valence-electron chi connectivity index (χ4n) is 6.63. The molecule has 2 aliphatic carbocycles. The van der Waals surface area contributed by atoms with Gasteiger partial charge in [0.25, 0.3) is 0 Å². The molecule has 0 aromatic heterocycles. The zero-order chi connectivity index (χ0) is 20.5. The van der Waals surface area contributed by atoms with Gasteiger partial charge in [-0.3, -0.25) is 9.59 Å². The van der Waals surface area contributed by atoms with E-state index in [1.54, 1.807) is 0 Å². The van der Waals surface area contributed by atoms with Gasteiger partial charge in [0.15, 0.2) is 0 Å². The van der Waals surface area contributed by atoms with E-state index in [0.717, 1.165) is 38.5 Å². The monoisotopic (exact) mass is 380 g/mol. The maximum Gasteiger partial charge on any atom is 0.307 e. The summed E-state index contributed by atoms with van der Waals surface area (Å²) in [4.78, 5) is 23.5. The lowest BCUT2D eigenvalue weighted by Crippen LogP contribution is -2.47. The topological polar surface area (TPSA) is 74.6 Å². The van der Waals surface area contributed by atoms with Crippen LogP contribution in [0.25, 0.3) is 0 Å². The van der Waals surface area contributed by atoms with Crippen LogP contribution < -0.4 is 0 Å². The first-order valence-corrected chi connectivity index (χ1v) is 11.0. The average molecular weight is 381 g/mol. The highest BCUT2D eigenvalue weighted by Gasteiger charge is 2.49. The van der Waals surface area contributed by atoms with E-state index in [9.17, 15) is 19.8 Å². The van der Waals surface area contributed by atoms with Crippen molar-refractivity contribution < 1.29 is 19.8 Å². The summed E-state index contributed by atoms with van der Waals surface area (Å²) in [5.41, 5.74) is 0.121. The van der Waals surface area contributed by atoms with Gasteiger partial charge >= 0.3 is 11.9 Å².